The molecule has 0 saturated heterocycles. The van der Waals surface area contributed by atoms with Crippen LogP contribution in [0, 0.1) is 6.92 Å². The summed E-state index contributed by atoms with van der Waals surface area (Å²) in [6, 6.07) is 9.22. The Labute approximate surface area is 156 Å². The van der Waals surface area contributed by atoms with E-state index in [1.165, 1.54) is 10.9 Å². The molecule has 27 heavy (non-hydrogen) atoms. The maximum absolute atomic E-state index is 12.6. The van der Waals surface area contributed by atoms with Crippen molar-refractivity contribution in [3.63, 3.8) is 0 Å². The number of nitrogens with one attached hydrogen (secondary N) is 1. The third-order valence-corrected chi connectivity index (χ3v) is 4.30. The predicted molar refractivity (Wildman–Crippen MR) is 102 cm³/mol. The summed E-state index contributed by atoms with van der Waals surface area (Å²) in [6.07, 6.45) is 2.61. The molecule has 0 aliphatic carbocycles. The van der Waals surface area contributed by atoms with Crippen LogP contribution in [0.15, 0.2) is 58.5 Å². The summed E-state index contributed by atoms with van der Waals surface area (Å²) in [5.41, 5.74) is 0.738. The van der Waals surface area contributed by atoms with Gasteiger partial charge >= 0.3 is 0 Å². The molecule has 2 aromatic heterocycles. The number of benzene rings is 1. The van der Waals surface area contributed by atoms with Crippen LogP contribution in [0.4, 0.5) is 0 Å². The lowest BCUT2D eigenvalue weighted by Crippen LogP contribution is -2.28. The third kappa shape index (κ3) is 3.83. The number of allylic oxidation sites excluding steroid dienone is 1. The van der Waals surface area contributed by atoms with Crippen LogP contribution >= 0.6 is 0 Å². The van der Waals surface area contributed by atoms with E-state index in [9.17, 15) is 14.7 Å². The maximum atomic E-state index is 12.6. The standard InChI is InChI=1S/C20H21N3O4/c1-3-11-23-12-22-19-17(20(23)26)16(13(2)27-19)18(25)21-10-9-15(24)14-7-5-4-6-8-14/h3-8,12,15,24H,1,9-11H2,2H3,(H,21,25). The van der Waals surface area contributed by atoms with Crippen LogP contribution in [0.5, 0.6) is 0 Å². The van der Waals surface area contributed by atoms with Crippen LogP contribution in [-0.2, 0) is 6.54 Å². The van der Waals surface area contributed by atoms with Gasteiger partial charge in [0.15, 0.2) is 0 Å². The molecule has 0 radical (unpaired) electrons. The minimum atomic E-state index is -0.680. The van der Waals surface area contributed by atoms with Crippen LogP contribution in [0.2, 0.25) is 0 Å². The first-order chi connectivity index (χ1) is 13.0. The van der Waals surface area contributed by atoms with Crippen molar-refractivity contribution in [3.05, 3.63) is 76.6 Å². The quantitative estimate of drug-likeness (QED) is 0.625. The van der Waals surface area contributed by atoms with Gasteiger partial charge in [-0.2, -0.15) is 0 Å². The van der Waals surface area contributed by atoms with E-state index in [1.807, 2.05) is 30.3 Å². The number of aliphatic hydroxyl groups is 1. The summed E-state index contributed by atoms with van der Waals surface area (Å²) in [5, 5.41) is 13.1. The second kappa shape index (κ2) is 8.01. The van der Waals surface area contributed by atoms with Gasteiger partial charge in [-0.05, 0) is 18.9 Å². The Balaban J connectivity index is 1.77. The Morgan fingerprint density at radius 2 is 2.15 bits per heavy atom. The van der Waals surface area contributed by atoms with Crippen molar-refractivity contribution in [1.29, 1.82) is 0 Å². The first-order valence-electron chi connectivity index (χ1n) is 8.63. The molecule has 3 rings (SSSR count). The van der Waals surface area contributed by atoms with Crippen molar-refractivity contribution in [3.8, 4) is 0 Å². The lowest BCUT2D eigenvalue weighted by Gasteiger charge is -2.11. The molecule has 2 heterocycles. The highest BCUT2D eigenvalue weighted by Crippen LogP contribution is 2.21. The molecule has 7 heteroatoms. The molecule has 0 fully saturated rings. The van der Waals surface area contributed by atoms with E-state index >= 15 is 0 Å². The van der Waals surface area contributed by atoms with Crippen molar-refractivity contribution in [2.24, 2.45) is 0 Å². The number of carbonyl (C=O) groups excluding carboxylic acids is 1. The van der Waals surface area contributed by atoms with Crippen LogP contribution in [0.1, 0.15) is 34.2 Å². The maximum Gasteiger partial charge on any atom is 0.265 e. The normalized spacial score (nSPS) is 12.1. The molecule has 7 nitrogen and oxygen atoms in total. The van der Waals surface area contributed by atoms with E-state index < -0.39 is 12.0 Å². The summed E-state index contributed by atoms with van der Waals surface area (Å²) in [5.74, 6) is -0.103. The molecule has 0 saturated carbocycles. The summed E-state index contributed by atoms with van der Waals surface area (Å²) in [6.45, 7) is 5.77. The van der Waals surface area contributed by atoms with E-state index in [0.29, 0.717) is 12.2 Å². The molecule has 0 aliphatic heterocycles. The number of rotatable bonds is 7. The highest BCUT2D eigenvalue weighted by molar-refractivity contribution is 6.06. The monoisotopic (exact) mass is 367 g/mol. The fraction of sp³-hybridized carbons (Fsp3) is 0.250. The van der Waals surface area contributed by atoms with Gasteiger partial charge in [-0.1, -0.05) is 36.4 Å². The highest BCUT2D eigenvalue weighted by Gasteiger charge is 2.22. The Kier molecular flexibility index (Phi) is 5.52. The van der Waals surface area contributed by atoms with Gasteiger partial charge in [-0.3, -0.25) is 14.2 Å². The summed E-state index contributed by atoms with van der Waals surface area (Å²) < 4.78 is 6.83. The van der Waals surface area contributed by atoms with Crippen molar-refractivity contribution in [2.45, 2.75) is 26.0 Å². The summed E-state index contributed by atoms with van der Waals surface area (Å²) in [7, 11) is 0. The molecule has 0 bridgehead atoms. The number of amides is 1. The number of hydrogen-bond acceptors (Lipinski definition) is 5. The minimum absolute atomic E-state index is 0.132. The molecule has 140 valence electrons. The lowest BCUT2D eigenvalue weighted by molar-refractivity contribution is 0.0942. The van der Waals surface area contributed by atoms with Crippen molar-refractivity contribution >= 4 is 17.0 Å². The lowest BCUT2D eigenvalue weighted by atomic mass is 10.1. The van der Waals surface area contributed by atoms with Crippen molar-refractivity contribution in [1.82, 2.24) is 14.9 Å². The predicted octanol–water partition coefficient (Wildman–Crippen LogP) is 2.34. The number of furan rings is 1. The number of carbonyl (C=O) groups is 1. The van der Waals surface area contributed by atoms with Gasteiger partial charge in [0.05, 0.1) is 11.7 Å². The molecule has 1 unspecified atom stereocenters. The molecule has 1 atom stereocenters. The molecule has 2 N–H and O–H groups in total. The van der Waals surface area contributed by atoms with E-state index in [0.717, 1.165) is 5.56 Å². The Morgan fingerprint density at radius 3 is 2.85 bits per heavy atom. The topological polar surface area (TPSA) is 97.4 Å². The fourth-order valence-corrected chi connectivity index (χ4v) is 2.93. The second-order valence-electron chi connectivity index (χ2n) is 6.18. The van der Waals surface area contributed by atoms with Gasteiger partial charge in [-0.15, -0.1) is 6.58 Å². The smallest absolute Gasteiger partial charge is 0.265 e. The number of aromatic nitrogens is 2. The number of aryl methyl sites for hydroxylation is 1. The number of nitrogens with zero attached hydrogens (tertiary/aromatic N) is 2. The molecule has 0 aliphatic rings. The Hall–Kier alpha value is -3.19. The van der Waals surface area contributed by atoms with Gasteiger partial charge in [-0.25, -0.2) is 4.98 Å². The van der Waals surface area contributed by atoms with E-state index in [1.54, 1.807) is 13.0 Å². The Morgan fingerprint density at radius 1 is 1.41 bits per heavy atom. The highest BCUT2D eigenvalue weighted by atomic mass is 16.3. The van der Waals surface area contributed by atoms with Crippen LogP contribution < -0.4 is 10.9 Å². The van der Waals surface area contributed by atoms with E-state index in [4.69, 9.17) is 4.42 Å². The first-order valence-corrected chi connectivity index (χ1v) is 8.63. The zero-order valence-electron chi connectivity index (χ0n) is 15.0. The van der Waals surface area contributed by atoms with Gasteiger partial charge in [0, 0.05) is 13.1 Å². The van der Waals surface area contributed by atoms with E-state index in [-0.39, 0.29) is 35.3 Å². The second-order valence-corrected chi connectivity index (χ2v) is 6.18. The van der Waals surface area contributed by atoms with Crippen molar-refractivity contribution in [2.75, 3.05) is 6.54 Å². The molecule has 0 spiro atoms. The average Bonchev–Trinajstić information content (AvgIpc) is 3.01. The SMILES string of the molecule is C=CCn1cnc2oc(C)c(C(=O)NCCC(O)c3ccccc3)c2c1=O. The van der Waals surface area contributed by atoms with Crippen molar-refractivity contribution < 1.29 is 14.3 Å². The third-order valence-electron chi connectivity index (χ3n) is 4.30. The molecular weight excluding hydrogens is 346 g/mol. The zero-order chi connectivity index (χ0) is 19.4. The van der Waals surface area contributed by atoms with Gasteiger partial charge in [0.25, 0.3) is 11.5 Å². The van der Waals surface area contributed by atoms with Gasteiger partial charge < -0.3 is 14.8 Å². The van der Waals surface area contributed by atoms with Crippen LogP contribution in [0.25, 0.3) is 11.1 Å². The summed E-state index contributed by atoms with van der Waals surface area (Å²) >= 11 is 0. The van der Waals surface area contributed by atoms with Gasteiger partial charge in [0.2, 0.25) is 5.71 Å². The minimum Gasteiger partial charge on any atom is -0.442 e. The van der Waals surface area contributed by atoms with E-state index in [2.05, 4.69) is 16.9 Å². The number of aliphatic hydroxyl groups excluding tert-OH is 1. The Bertz CT molecular complexity index is 1020. The fourth-order valence-electron chi connectivity index (χ4n) is 2.93. The molecule has 1 aromatic carbocycles. The number of fused-ring (bicyclic) bond motifs is 1. The molecule has 1 amide bonds. The molecule has 3 aromatic rings. The first kappa shape index (κ1) is 18.6. The average molecular weight is 367 g/mol. The zero-order valence-corrected chi connectivity index (χ0v) is 15.0. The van der Waals surface area contributed by atoms with Gasteiger partial charge in [0.1, 0.15) is 17.5 Å². The van der Waals surface area contributed by atoms with Crippen LogP contribution in [-0.4, -0.2) is 27.1 Å². The number of hydrogen-bond donors (Lipinski definition) is 2. The summed E-state index contributed by atoms with van der Waals surface area (Å²) in [4.78, 5) is 29.4. The molecular formula is C20H21N3O4. The van der Waals surface area contributed by atoms with Crippen LogP contribution in [0.3, 0.4) is 0 Å². The largest absolute Gasteiger partial charge is 0.442 e.